The first kappa shape index (κ1) is 14.5. The van der Waals surface area contributed by atoms with Crippen molar-refractivity contribution in [2.24, 2.45) is 0 Å². The van der Waals surface area contributed by atoms with E-state index in [9.17, 15) is 14.0 Å². The second-order valence-electron chi connectivity index (χ2n) is 3.72. The fourth-order valence-electron chi connectivity index (χ4n) is 1.37. The van der Waals surface area contributed by atoms with E-state index in [0.29, 0.717) is 17.9 Å². The SMILES string of the molecule is Cc1cc(F)cc(C(=O)NCCSCC(=O)O)c1. The van der Waals surface area contributed by atoms with Gasteiger partial charge in [-0.15, -0.1) is 11.8 Å². The number of hydrogen-bond donors (Lipinski definition) is 2. The number of aliphatic carboxylic acids is 1. The molecular formula is C12H14FNO3S. The predicted molar refractivity (Wildman–Crippen MR) is 68.4 cm³/mol. The van der Waals surface area contributed by atoms with E-state index in [1.54, 1.807) is 13.0 Å². The average molecular weight is 271 g/mol. The van der Waals surface area contributed by atoms with Crippen LogP contribution >= 0.6 is 11.8 Å². The Morgan fingerprint density at radius 1 is 1.39 bits per heavy atom. The molecule has 98 valence electrons. The molecule has 0 unspecified atom stereocenters. The smallest absolute Gasteiger partial charge is 0.313 e. The molecule has 0 bridgehead atoms. The summed E-state index contributed by atoms with van der Waals surface area (Å²) in [5.74, 6) is -1.16. The molecular weight excluding hydrogens is 257 g/mol. The number of benzene rings is 1. The topological polar surface area (TPSA) is 66.4 Å². The molecule has 1 amide bonds. The zero-order valence-corrected chi connectivity index (χ0v) is 10.7. The van der Waals surface area contributed by atoms with Crippen LogP contribution in [0.5, 0.6) is 0 Å². The standard InChI is InChI=1S/C12H14FNO3S/c1-8-4-9(6-10(13)5-8)12(17)14-2-3-18-7-11(15)16/h4-6H,2-3,7H2,1H3,(H,14,17)(H,15,16). The summed E-state index contributed by atoms with van der Waals surface area (Å²) in [7, 11) is 0. The fraction of sp³-hybridized carbons (Fsp3) is 0.333. The van der Waals surface area contributed by atoms with Crippen LogP contribution in [0.15, 0.2) is 18.2 Å². The molecule has 1 aromatic carbocycles. The minimum Gasteiger partial charge on any atom is -0.481 e. The van der Waals surface area contributed by atoms with Gasteiger partial charge in [0, 0.05) is 17.9 Å². The first-order chi connectivity index (χ1) is 8.49. The summed E-state index contributed by atoms with van der Waals surface area (Å²) < 4.78 is 13.1. The Balaban J connectivity index is 2.38. The van der Waals surface area contributed by atoms with Gasteiger partial charge < -0.3 is 10.4 Å². The van der Waals surface area contributed by atoms with Crippen molar-refractivity contribution >= 4 is 23.6 Å². The molecule has 1 rings (SSSR count). The summed E-state index contributed by atoms with van der Waals surface area (Å²) in [5, 5.41) is 11.0. The lowest BCUT2D eigenvalue weighted by molar-refractivity contribution is -0.133. The number of carbonyl (C=O) groups is 2. The molecule has 0 fully saturated rings. The molecule has 6 heteroatoms. The van der Waals surface area contributed by atoms with Crippen LogP contribution in [0.3, 0.4) is 0 Å². The maximum absolute atomic E-state index is 13.1. The van der Waals surface area contributed by atoms with Crippen molar-refractivity contribution in [2.75, 3.05) is 18.1 Å². The third-order valence-corrected chi connectivity index (χ3v) is 3.01. The number of amides is 1. The van der Waals surface area contributed by atoms with Crippen molar-refractivity contribution in [3.63, 3.8) is 0 Å². The molecule has 0 saturated heterocycles. The lowest BCUT2D eigenvalue weighted by Gasteiger charge is -2.05. The van der Waals surface area contributed by atoms with Gasteiger partial charge in [0.05, 0.1) is 5.75 Å². The average Bonchev–Trinajstić information content (AvgIpc) is 2.26. The molecule has 0 saturated carbocycles. The van der Waals surface area contributed by atoms with Gasteiger partial charge in [-0.25, -0.2) is 4.39 Å². The normalized spacial score (nSPS) is 10.1. The van der Waals surface area contributed by atoms with E-state index in [4.69, 9.17) is 5.11 Å². The number of carboxylic acids is 1. The van der Waals surface area contributed by atoms with Gasteiger partial charge in [-0.2, -0.15) is 0 Å². The summed E-state index contributed by atoms with van der Waals surface area (Å²) in [6, 6.07) is 4.12. The number of carbonyl (C=O) groups excluding carboxylic acids is 1. The van der Waals surface area contributed by atoms with Crippen LogP contribution in [0.1, 0.15) is 15.9 Å². The maximum Gasteiger partial charge on any atom is 0.313 e. The molecule has 0 aliphatic rings. The predicted octanol–water partition coefficient (Wildman–Crippen LogP) is 1.68. The van der Waals surface area contributed by atoms with Crippen molar-refractivity contribution < 1.29 is 19.1 Å². The molecule has 1 aromatic rings. The van der Waals surface area contributed by atoms with Crippen LogP contribution in [-0.2, 0) is 4.79 Å². The minimum atomic E-state index is -0.882. The number of carboxylic acid groups (broad SMARTS) is 1. The number of halogens is 1. The van der Waals surface area contributed by atoms with E-state index in [2.05, 4.69) is 5.32 Å². The van der Waals surface area contributed by atoms with Crippen LogP contribution < -0.4 is 5.32 Å². The highest BCUT2D eigenvalue weighted by atomic mass is 32.2. The van der Waals surface area contributed by atoms with Crippen molar-refractivity contribution in [3.8, 4) is 0 Å². The second-order valence-corrected chi connectivity index (χ2v) is 4.82. The molecule has 2 N–H and O–H groups in total. The van der Waals surface area contributed by atoms with Gasteiger partial charge in [-0.3, -0.25) is 9.59 Å². The van der Waals surface area contributed by atoms with Crippen molar-refractivity contribution in [1.82, 2.24) is 5.32 Å². The highest BCUT2D eigenvalue weighted by Gasteiger charge is 2.07. The maximum atomic E-state index is 13.1. The number of rotatable bonds is 6. The Kier molecular flexibility index (Phi) is 5.64. The molecule has 0 aliphatic heterocycles. The van der Waals surface area contributed by atoms with E-state index >= 15 is 0 Å². The zero-order valence-electron chi connectivity index (χ0n) is 9.90. The van der Waals surface area contributed by atoms with Crippen LogP contribution in [0.2, 0.25) is 0 Å². The molecule has 0 aromatic heterocycles. The van der Waals surface area contributed by atoms with Gasteiger partial charge in [-0.1, -0.05) is 0 Å². The molecule has 0 radical (unpaired) electrons. The zero-order chi connectivity index (χ0) is 13.5. The van der Waals surface area contributed by atoms with Gasteiger partial charge in [0.1, 0.15) is 5.82 Å². The lowest BCUT2D eigenvalue weighted by Crippen LogP contribution is -2.26. The number of thioether (sulfide) groups is 1. The lowest BCUT2D eigenvalue weighted by atomic mass is 10.1. The van der Waals surface area contributed by atoms with Crippen LogP contribution in [0.4, 0.5) is 4.39 Å². The number of nitrogens with one attached hydrogen (secondary N) is 1. The highest BCUT2D eigenvalue weighted by molar-refractivity contribution is 7.99. The van der Waals surface area contributed by atoms with E-state index < -0.39 is 11.8 Å². The Morgan fingerprint density at radius 3 is 2.72 bits per heavy atom. The van der Waals surface area contributed by atoms with Gasteiger partial charge >= 0.3 is 5.97 Å². The summed E-state index contributed by atoms with van der Waals surface area (Å²) in [5.41, 5.74) is 0.955. The molecule has 0 heterocycles. The van der Waals surface area contributed by atoms with Gasteiger partial charge in [0.25, 0.3) is 5.91 Å². The van der Waals surface area contributed by atoms with Crippen molar-refractivity contribution in [3.05, 3.63) is 35.1 Å². The van der Waals surface area contributed by atoms with Crippen molar-refractivity contribution in [1.29, 1.82) is 0 Å². The van der Waals surface area contributed by atoms with Crippen LogP contribution in [0, 0.1) is 12.7 Å². The highest BCUT2D eigenvalue weighted by Crippen LogP contribution is 2.08. The molecule has 18 heavy (non-hydrogen) atoms. The Morgan fingerprint density at radius 2 is 2.11 bits per heavy atom. The van der Waals surface area contributed by atoms with E-state index in [-0.39, 0.29) is 17.2 Å². The first-order valence-corrected chi connectivity index (χ1v) is 6.49. The van der Waals surface area contributed by atoms with E-state index in [1.165, 1.54) is 23.9 Å². The number of aryl methyl sites for hydroxylation is 1. The third-order valence-electron chi connectivity index (χ3n) is 2.06. The Hall–Kier alpha value is -1.56. The minimum absolute atomic E-state index is 0.00887. The van der Waals surface area contributed by atoms with Crippen LogP contribution in [0.25, 0.3) is 0 Å². The second kappa shape index (κ2) is 7.00. The largest absolute Gasteiger partial charge is 0.481 e. The fourth-order valence-corrected chi connectivity index (χ4v) is 1.93. The summed E-state index contributed by atoms with van der Waals surface area (Å²) >= 11 is 1.22. The van der Waals surface area contributed by atoms with Crippen LogP contribution in [-0.4, -0.2) is 35.0 Å². The quantitative estimate of drug-likeness (QED) is 0.773. The third kappa shape index (κ3) is 5.18. The van der Waals surface area contributed by atoms with Gasteiger partial charge in [0.2, 0.25) is 0 Å². The monoisotopic (exact) mass is 271 g/mol. The summed E-state index contributed by atoms with van der Waals surface area (Å²) in [6.45, 7) is 2.06. The summed E-state index contributed by atoms with van der Waals surface area (Å²) in [6.07, 6.45) is 0. The molecule has 0 aliphatic carbocycles. The van der Waals surface area contributed by atoms with Gasteiger partial charge in [0.15, 0.2) is 0 Å². The Labute approximate surface area is 109 Å². The molecule has 4 nitrogen and oxygen atoms in total. The van der Waals surface area contributed by atoms with Crippen molar-refractivity contribution in [2.45, 2.75) is 6.92 Å². The van der Waals surface area contributed by atoms with E-state index in [1.807, 2.05) is 0 Å². The van der Waals surface area contributed by atoms with E-state index in [0.717, 1.165) is 0 Å². The first-order valence-electron chi connectivity index (χ1n) is 5.34. The molecule has 0 atom stereocenters. The number of hydrogen-bond acceptors (Lipinski definition) is 3. The summed E-state index contributed by atoms with van der Waals surface area (Å²) in [4.78, 5) is 21.9. The Bertz CT molecular complexity index is 431. The van der Waals surface area contributed by atoms with Gasteiger partial charge in [-0.05, 0) is 30.7 Å². The molecule has 0 spiro atoms.